The second kappa shape index (κ2) is 15.6. The number of hydrogen-bond donors (Lipinski definition) is 3. The van der Waals surface area contributed by atoms with Gasteiger partial charge in [-0.1, -0.05) is 26.0 Å². The van der Waals surface area contributed by atoms with Crippen molar-refractivity contribution in [1.82, 2.24) is 16.0 Å². The van der Waals surface area contributed by atoms with E-state index in [-0.39, 0.29) is 36.0 Å². The number of ether oxygens (including phenoxy) is 1. The molecule has 0 aliphatic carbocycles. The highest BCUT2D eigenvalue weighted by molar-refractivity contribution is 14.0. The molecule has 0 radical (unpaired) electrons. The molecule has 0 aliphatic rings. The van der Waals surface area contributed by atoms with Gasteiger partial charge in [-0.3, -0.25) is 4.79 Å². The Labute approximate surface area is 187 Å². The lowest BCUT2D eigenvalue weighted by Crippen LogP contribution is -2.39. The first-order valence-corrected chi connectivity index (χ1v) is 10.0. The zero-order valence-corrected chi connectivity index (χ0v) is 20.2. The molecule has 160 valence electrons. The maximum Gasteiger partial charge on any atom is 0.251 e. The zero-order chi connectivity index (χ0) is 20.1. The van der Waals surface area contributed by atoms with Gasteiger partial charge in [-0.25, -0.2) is 4.99 Å². The Morgan fingerprint density at radius 3 is 2.21 bits per heavy atom. The van der Waals surface area contributed by atoms with E-state index in [0.29, 0.717) is 24.6 Å². The van der Waals surface area contributed by atoms with Gasteiger partial charge in [0.15, 0.2) is 5.96 Å². The van der Waals surface area contributed by atoms with Gasteiger partial charge in [0.25, 0.3) is 5.91 Å². The smallest absolute Gasteiger partial charge is 0.251 e. The van der Waals surface area contributed by atoms with E-state index < -0.39 is 0 Å². The number of rotatable bonds is 11. The van der Waals surface area contributed by atoms with Crippen molar-refractivity contribution in [1.29, 1.82) is 0 Å². The molecule has 0 aliphatic heterocycles. The average molecular weight is 504 g/mol. The fourth-order valence-electron chi connectivity index (χ4n) is 2.69. The summed E-state index contributed by atoms with van der Waals surface area (Å²) in [5.41, 5.74) is 1.74. The molecule has 0 spiro atoms. The standard InChI is InChI=1S/C21H36N4O2.HI/c1-6-22-20(26)18-11-9-17(10-12-18)15-25-21(23-7-2)24-14-13-19(16(4)5)27-8-3;/h9-12,16,19H,6-8,13-15H2,1-5H3,(H,22,26)(H2,23,24,25);1H. The molecule has 0 aromatic heterocycles. The van der Waals surface area contributed by atoms with Crippen LogP contribution in [0.2, 0.25) is 0 Å². The van der Waals surface area contributed by atoms with Crippen LogP contribution in [0.4, 0.5) is 0 Å². The van der Waals surface area contributed by atoms with E-state index in [1.165, 1.54) is 0 Å². The highest BCUT2D eigenvalue weighted by Gasteiger charge is 2.13. The van der Waals surface area contributed by atoms with Crippen molar-refractivity contribution >= 4 is 35.8 Å². The van der Waals surface area contributed by atoms with E-state index in [1.807, 2.05) is 38.1 Å². The topological polar surface area (TPSA) is 74.8 Å². The van der Waals surface area contributed by atoms with E-state index >= 15 is 0 Å². The predicted molar refractivity (Wildman–Crippen MR) is 128 cm³/mol. The lowest BCUT2D eigenvalue weighted by molar-refractivity contribution is 0.0258. The van der Waals surface area contributed by atoms with Crippen LogP contribution in [-0.4, -0.2) is 44.2 Å². The van der Waals surface area contributed by atoms with Gasteiger partial charge >= 0.3 is 0 Å². The highest BCUT2D eigenvalue weighted by Crippen LogP contribution is 2.10. The Morgan fingerprint density at radius 2 is 1.68 bits per heavy atom. The molecule has 3 N–H and O–H groups in total. The number of nitrogens with zero attached hydrogens (tertiary/aromatic N) is 1. The second-order valence-corrected chi connectivity index (χ2v) is 6.70. The third kappa shape index (κ3) is 10.3. The Bertz CT molecular complexity index is 576. The quantitative estimate of drug-likeness (QED) is 0.245. The largest absolute Gasteiger partial charge is 0.378 e. The molecule has 28 heavy (non-hydrogen) atoms. The van der Waals surface area contributed by atoms with Gasteiger partial charge < -0.3 is 20.7 Å². The molecule has 1 amide bonds. The normalized spacial score (nSPS) is 12.3. The Balaban J connectivity index is 0.00000729. The van der Waals surface area contributed by atoms with Crippen molar-refractivity contribution in [3.63, 3.8) is 0 Å². The van der Waals surface area contributed by atoms with E-state index in [9.17, 15) is 4.79 Å². The van der Waals surface area contributed by atoms with E-state index in [0.717, 1.165) is 37.6 Å². The van der Waals surface area contributed by atoms with Crippen LogP contribution in [0.5, 0.6) is 0 Å². The molecule has 1 aromatic carbocycles. The van der Waals surface area contributed by atoms with Crippen LogP contribution >= 0.6 is 24.0 Å². The van der Waals surface area contributed by atoms with Crippen LogP contribution in [0, 0.1) is 5.92 Å². The Kier molecular flexibility index (Phi) is 14.8. The number of hydrogen-bond acceptors (Lipinski definition) is 3. The molecule has 0 bridgehead atoms. The number of carbonyl (C=O) groups is 1. The van der Waals surface area contributed by atoms with Gasteiger partial charge in [0.1, 0.15) is 0 Å². The van der Waals surface area contributed by atoms with E-state index in [2.05, 4.69) is 41.7 Å². The predicted octanol–water partition coefficient (Wildman–Crippen LogP) is 3.56. The van der Waals surface area contributed by atoms with Gasteiger partial charge in [0.2, 0.25) is 0 Å². The summed E-state index contributed by atoms with van der Waals surface area (Å²) in [6.07, 6.45) is 1.20. The van der Waals surface area contributed by atoms with Crippen molar-refractivity contribution in [3.05, 3.63) is 35.4 Å². The van der Waals surface area contributed by atoms with Gasteiger partial charge in [0, 0.05) is 31.8 Å². The number of carbonyl (C=O) groups excluding carboxylic acids is 1. The van der Waals surface area contributed by atoms with Crippen molar-refractivity contribution in [2.45, 2.75) is 53.7 Å². The van der Waals surface area contributed by atoms with Crippen LogP contribution in [0.15, 0.2) is 29.3 Å². The summed E-state index contributed by atoms with van der Waals surface area (Å²) in [6, 6.07) is 7.57. The molecule has 1 aromatic rings. The van der Waals surface area contributed by atoms with Crippen LogP contribution in [0.3, 0.4) is 0 Å². The van der Waals surface area contributed by atoms with Gasteiger partial charge in [0.05, 0.1) is 12.6 Å². The monoisotopic (exact) mass is 504 g/mol. The SMILES string of the molecule is CCNC(=O)c1ccc(CN=C(NCC)NCCC(OCC)C(C)C)cc1.I. The van der Waals surface area contributed by atoms with Gasteiger partial charge in [-0.2, -0.15) is 0 Å². The summed E-state index contributed by atoms with van der Waals surface area (Å²) < 4.78 is 5.79. The number of nitrogens with one attached hydrogen (secondary N) is 3. The first kappa shape index (κ1) is 26.6. The summed E-state index contributed by atoms with van der Waals surface area (Å²) in [6.45, 7) is 13.9. The van der Waals surface area contributed by atoms with Crippen molar-refractivity contribution < 1.29 is 9.53 Å². The second-order valence-electron chi connectivity index (χ2n) is 6.70. The van der Waals surface area contributed by atoms with Crippen LogP contribution in [0.1, 0.15) is 57.0 Å². The van der Waals surface area contributed by atoms with Crippen LogP contribution in [-0.2, 0) is 11.3 Å². The third-order valence-corrected chi connectivity index (χ3v) is 4.16. The van der Waals surface area contributed by atoms with Gasteiger partial charge in [-0.05, 0) is 50.8 Å². The molecule has 0 heterocycles. The minimum absolute atomic E-state index is 0. The summed E-state index contributed by atoms with van der Waals surface area (Å²) in [5.74, 6) is 1.25. The van der Waals surface area contributed by atoms with Crippen LogP contribution in [0.25, 0.3) is 0 Å². The van der Waals surface area contributed by atoms with Crippen molar-refractivity contribution in [3.8, 4) is 0 Å². The van der Waals surface area contributed by atoms with E-state index in [4.69, 9.17) is 4.74 Å². The number of benzene rings is 1. The Morgan fingerprint density at radius 1 is 1.04 bits per heavy atom. The fourth-order valence-corrected chi connectivity index (χ4v) is 2.69. The third-order valence-electron chi connectivity index (χ3n) is 4.16. The fraction of sp³-hybridized carbons (Fsp3) is 0.619. The molecule has 0 saturated heterocycles. The van der Waals surface area contributed by atoms with Crippen LogP contribution < -0.4 is 16.0 Å². The number of halogens is 1. The number of aliphatic imine (C=N–C) groups is 1. The molecular weight excluding hydrogens is 467 g/mol. The van der Waals surface area contributed by atoms with E-state index in [1.54, 1.807) is 0 Å². The molecule has 1 atom stereocenters. The molecule has 6 nitrogen and oxygen atoms in total. The summed E-state index contributed by atoms with van der Waals surface area (Å²) in [4.78, 5) is 16.4. The van der Waals surface area contributed by atoms with Crippen molar-refractivity contribution in [2.24, 2.45) is 10.9 Å². The zero-order valence-electron chi connectivity index (χ0n) is 17.9. The number of amides is 1. The molecule has 0 saturated carbocycles. The highest BCUT2D eigenvalue weighted by atomic mass is 127. The maximum atomic E-state index is 11.8. The van der Waals surface area contributed by atoms with Gasteiger partial charge in [-0.15, -0.1) is 24.0 Å². The molecule has 1 rings (SSSR count). The molecule has 7 heteroatoms. The molecule has 0 fully saturated rings. The Hall–Kier alpha value is -1.35. The summed E-state index contributed by atoms with van der Waals surface area (Å²) in [5, 5.41) is 9.44. The van der Waals surface area contributed by atoms with Crippen molar-refractivity contribution in [2.75, 3.05) is 26.2 Å². The maximum absolute atomic E-state index is 11.8. The average Bonchev–Trinajstić information content (AvgIpc) is 2.65. The summed E-state index contributed by atoms with van der Waals surface area (Å²) in [7, 11) is 0. The molecular formula is C21H37IN4O2. The summed E-state index contributed by atoms with van der Waals surface area (Å²) >= 11 is 0. The first-order valence-electron chi connectivity index (χ1n) is 10.0. The molecule has 1 unspecified atom stereocenters. The lowest BCUT2D eigenvalue weighted by atomic mass is 10.0. The minimum atomic E-state index is -0.0449. The lowest BCUT2D eigenvalue weighted by Gasteiger charge is -2.21. The minimum Gasteiger partial charge on any atom is -0.378 e. The first-order chi connectivity index (χ1) is 13.0. The number of guanidine groups is 1.